The molecule has 4 heteroatoms. The van der Waals surface area contributed by atoms with Gasteiger partial charge in [0.15, 0.2) is 0 Å². The molecule has 0 aliphatic heterocycles. The zero-order valence-corrected chi connectivity index (χ0v) is 11.1. The lowest BCUT2D eigenvalue weighted by molar-refractivity contribution is -0.125. The lowest BCUT2D eigenvalue weighted by Crippen LogP contribution is -2.31. The highest BCUT2D eigenvalue weighted by atomic mass is 16.1. The van der Waals surface area contributed by atoms with Crippen molar-refractivity contribution >= 4 is 5.91 Å². The number of hydrogen-bond acceptors (Lipinski definition) is 2. The first kappa shape index (κ1) is 13.7. The average molecular weight is 237 g/mol. The Hall–Kier alpha value is -1.32. The first-order chi connectivity index (χ1) is 8.17. The van der Waals surface area contributed by atoms with E-state index >= 15 is 0 Å². The van der Waals surface area contributed by atoms with Crippen LogP contribution in [0.25, 0.3) is 0 Å². The van der Waals surface area contributed by atoms with Crippen LogP contribution in [0.4, 0.5) is 0 Å². The normalized spacial score (nSPS) is 10.8. The van der Waals surface area contributed by atoms with Crippen molar-refractivity contribution < 1.29 is 4.79 Å². The van der Waals surface area contributed by atoms with Crippen LogP contribution in [-0.4, -0.2) is 22.2 Å². The Morgan fingerprint density at radius 2 is 2.18 bits per heavy atom. The Kier molecular flexibility index (Phi) is 5.73. The second kappa shape index (κ2) is 7.09. The van der Waals surface area contributed by atoms with E-state index in [-0.39, 0.29) is 11.8 Å². The van der Waals surface area contributed by atoms with E-state index in [2.05, 4.69) is 24.3 Å². The van der Waals surface area contributed by atoms with E-state index in [1.54, 1.807) is 0 Å². The average Bonchev–Trinajstić information content (AvgIpc) is 2.72. The van der Waals surface area contributed by atoms with Gasteiger partial charge in [-0.1, -0.05) is 13.8 Å². The molecular formula is C13H23N3O. The zero-order valence-electron chi connectivity index (χ0n) is 11.1. The van der Waals surface area contributed by atoms with Gasteiger partial charge < -0.3 is 5.32 Å². The lowest BCUT2D eigenvalue weighted by atomic mass is 10.0. The minimum absolute atomic E-state index is 0.168. The topological polar surface area (TPSA) is 46.9 Å². The van der Waals surface area contributed by atoms with Crippen molar-refractivity contribution in [2.75, 3.05) is 6.54 Å². The molecule has 0 unspecified atom stereocenters. The number of amides is 1. The van der Waals surface area contributed by atoms with Gasteiger partial charge in [0.1, 0.15) is 0 Å². The summed E-state index contributed by atoms with van der Waals surface area (Å²) in [6.45, 7) is 7.68. The van der Waals surface area contributed by atoms with Crippen LogP contribution in [0.2, 0.25) is 0 Å². The standard InChI is InChI=1S/C13H23N3O/c1-4-12(5-2)13(17)14-8-6-9-16-10-7-11(3)15-16/h7,10,12H,4-6,8-9H2,1-3H3,(H,14,17). The zero-order chi connectivity index (χ0) is 12.7. The molecule has 1 heterocycles. The molecule has 0 radical (unpaired) electrons. The summed E-state index contributed by atoms with van der Waals surface area (Å²) in [6, 6.07) is 1.99. The van der Waals surface area contributed by atoms with Crippen LogP contribution in [0, 0.1) is 12.8 Å². The minimum atomic E-state index is 0.168. The van der Waals surface area contributed by atoms with Gasteiger partial charge in [-0.15, -0.1) is 0 Å². The minimum Gasteiger partial charge on any atom is -0.356 e. The number of nitrogens with one attached hydrogen (secondary N) is 1. The van der Waals surface area contributed by atoms with Crippen molar-refractivity contribution in [1.82, 2.24) is 15.1 Å². The molecule has 1 aromatic rings. The van der Waals surface area contributed by atoms with Crippen molar-refractivity contribution in [1.29, 1.82) is 0 Å². The number of hydrogen-bond donors (Lipinski definition) is 1. The molecule has 96 valence electrons. The number of aryl methyl sites for hydroxylation is 2. The smallest absolute Gasteiger partial charge is 0.223 e. The van der Waals surface area contributed by atoms with Gasteiger partial charge in [0.2, 0.25) is 5.91 Å². The fourth-order valence-corrected chi connectivity index (χ4v) is 1.84. The van der Waals surface area contributed by atoms with E-state index in [4.69, 9.17) is 0 Å². The molecule has 1 amide bonds. The largest absolute Gasteiger partial charge is 0.356 e. The molecule has 1 N–H and O–H groups in total. The van der Waals surface area contributed by atoms with Crippen molar-refractivity contribution in [3.05, 3.63) is 18.0 Å². The van der Waals surface area contributed by atoms with Gasteiger partial charge in [-0.3, -0.25) is 9.48 Å². The van der Waals surface area contributed by atoms with Crippen molar-refractivity contribution in [3.63, 3.8) is 0 Å². The first-order valence-corrected chi connectivity index (χ1v) is 6.45. The summed E-state index contributed by atoms with van der Waals surface area (Å²) in [5, 5.41) is 7.28. The van der Waals surface area contributed by atoms with E-state index in [0.29, 0.717) is 0 Å². The van der Waals surface area contributed by atoms with Gasteiger partial charge in [-0.25, -0.2) is 0 Å². The Labute approximate surface area is 103 Å². The van der Waals surface area contributed by atoms with E-state index < -0.39 is 0 Å². The van der Waals surface area contributed by atoms with Crippen molar-refractivity contribution in [2.45, 2.75) is 46.6 Å². The summed E-state index contributed by atoms with van der Waals surface area (Å²) in [7, 11) is 0. The summed E-state index contributed by atoms with van der Waals surface area (Å²) in [4.78, 5) is 11.7. The fraction of sp³-hybridized carbons (Fsp3) is 0.692. The van der Waals surface area contributed by atoms with Crippen LogP contribution in [0.5, 0.6) is 0 Å². The molecule has 0 saturated heterocycles. The molecule has 0 aliphatic rings. The first-order valence-electron chi connectivity index (χ1n) is 6.45. The molecule has 1 aromatic heterocycles. The Bertz CT molecular complexity index is 342. The number of nitrogens with zero attached hydrogens (tertiary/aromatic N) is 2. The highest BCUT2D eigenvalue weighted by molar-refractivity contribution is 5.78. The van der Waals surface area contributed by atoms with Gasteiger partial charge in [0, 0.05) is 25.2 Å². The second-order valence-electron chi connectivity index (χ2n) is 4.38. The van der Waals surface area contributed by atoms with Crippen LogP contribution >= 0.6 is 0 Å². The third-order valence-electron chi connectivity index (χ3n) is 2.99. The predicted octanol–water partition coefficient (Wildman–Crippen LogP) is 2.13. The number of carbonyl (C=O) groups is 1. The van der Waals surface area contributed by atoms with Crippen molar-refractivity contribution in [3.8, 4) is 0 Å². The number of carbonyl (C=O) groups excluding carboxylic acids is 1. The highest BCUT2D eigenvalue weighted by Gasteiger charge is 2.12. The molecule has 4 nitrogen and oxygen atoms in total. The molecule has 1 rings (SSSR count). The second-order valence-corrected chi connectivity index (χ2v) is 4.38. The molecular weight excluding hydrogens is 214 g/mol. The summed E-state index contributed by atoms with van der Waals surface area (Å²) < 4.78 is 1.92. The molecule has 0 aromatic carbocycles. The Morgan fingerprint density at radius 3 is 2.71 bits per heavy atom. The maximum atomic E-state index is 11.7. The summed E-state index contributed by atoms with van der Waals surface area (Å²) in [5.74, 6) is 0.355. The van der Waals surface area contributed by atoms with Gasteiger partial charge >= 0.3 is 0 Å². The SMILES string of the molecule is CCC(CC)C(=O)NCCCn1ccc(C)n1. The van der Waals surface area contributed by atoms with Gasteiger partial charge in [-0.05, 0) is 32.3 Å². The quantitative estimate of drug-likeness (QED) is 0.738. The molecule has 0 fully saturated rings. The molecule has 0 bridgehead atoms. The summed E-state index contributed by atoms with van der Waals surface area (Å²) in [6.07, 6.45) is 4.73. The third-order valence-corrected chi connectivity index (χ3v) is 2.99. The summed E-state index contributed by atoms with van der Waals surface area (Å²) >= 11 is 0. The Morgan fingerprint density at radius 1 is 1.47 bits per heavy atom. The Balaban J connectivity index is 2.17. The molecule has 0 spiro atoms. The monoisotopic (exact) mass is 237 g/mol. The lowest BCUT2D eigenvalue weighted by Gasteiger charge is -2.12. The summed E-state index contributed by atoms with van der Waals surface area (Å²) in [5.41, 5.74) is 1.03. The number of aromatic nitrogens is 2. The van der Waals surface area contributed by atoms with E-state index in [1.807, 2.05) is 23.9 Å². The highest BCUT2D eigenvalue weighted by Crippen LogP contribution is 2.06. The van der Waals surface area contributed by atoms with Crippen LogP contribution in [0.1, 0.15) is 38.8 Å². The van der Waals surface area contributed by atoms with E-state index in [0.717, 1.165) is 38.0 Å². The maximum Gasteiger partial charge on any atom is 0.223 e. The third kappa shape index (κ3) is 4.59. The van der Waals surface area contributed by atoms with Crippen LogP contribution in [0.3, 0.4) is 0 Å². The van der Waals surface area contributed by atoms with Gasteiger partial charge in [-0.2, -0.15) is 5.10 Å². The molecule has 0 saturated carbocycles. The molecule has 0 atom stereocenters. The maximum absolute atomic E-state index is 11.7. The van der Waals surface area contributed by atoms with Gasteiger partial charge in [0.05, 0.1) is 5.69 Å². The van der Waals surface area contributed by atoms with Crippen LogP contribution < -0.4 is 5.32 Å². The number of rotatable bonds is 7. The van der Waals surface area contributed by atoms with Crippen LogP contribution in [0.15, 0.2) is 12.3 Å². The van der Waals surface area contributed by atoms with Crippen molar-refractivity contribution in [2.24, 2.45) is 5.92 Å². The van der Waals surface area contributed by atoms with E-state index in [9.17, 15) is 4.79 Å². The predicted molar refractivity (Wildman–Crippen MR) is 68.7 cm³/mol. The van der Waals surface area contributed by atoms with Gasteiger partial charge in [0.25, 0.3) is 0 Å². The molecule has 0 aliphatic carbocycles. The van der Waals surface area contributed by atoms with Crippen LogP contribution in [-0.2, 0) is 11.3 Å². The molecule has 17 heavy (non-hydrogen) atoms. The van der Waals surface area contributed by atoms with E-state index in [1.165, 1.54) is 0 Å². The fourth-order valence-electron chi connectivity index (χ4n) is 1.84.